The molecule has 0 bridgehead atoms. The summed E-state index contributed by atoms with van der Waals surface area (Å²) in [6, 6.07) is 13.6. The fourth-order valence-corrected chi connectivity index (χ4v) is 3.33. The Morgan fingerprint density at radius 2 is 2.00 bits per heavy atom. The largest absolute Gasteiger partial charge is 0.497 e. The molecule has 3 aromatic rings. The third-order valence-corrected chi connectivity index (χ3v) is 4.92. The summed E-state index contributed by atoms with van der Waals surface area (Å²) < 4.78 is 20.4. The third kappa shape index (κ3) is 4.00. The molecule has 4 rings (SSSR count). The van der Waals surface area contributed by atoms with Gasteiger partial charge in [-0.2, -0.15) is 0 Å². The first-order valence-electron chi connectivity index (χ1n) is 9.42. The number of hydrogen-bond acceptors (Lipinski definition) is 5. The molecule has 1 fully saturated rings. The molecule has 0 spiro atoms. The molecule has 154 valence electrons. The molecular weight excluding hydrogens is 389 g/mol. The molecule has 0 saturated carbocycles. The molecule has 0 atom stereocenters. The SMILES string of the molecule is COc1cccc(N2CCN(C(=O)c3cn(Cc4ccccc4F)nn3)CC2=O)c1. The van der Waals surface area contributed by atoms with Gasteiger partial charge in [-0.3, -0.25) is 9.59 Å². The van der Waals surface area contributed by atoms with E-state index in [9.17, 15) is 14.0 Å². The lowest BCUT2D eigenvalue weighted by atomic mass is 10.2. The van der Waals surface area contributed by atoms with Gasteiger partial charge in [0.1, 0.15) is 18.1 Å². The lowest BCUT2D eigenvalue weighted by molar-refractivity contribution is -0.120. The normalized spacial score (nSPS) is 14.1. The predicted octanol–water partition coefficient (Wildman–Crippen LogP) is 1.96. The number of carbonyl (C=O) groups excluding carboxylic acids is 2. The van der Waals surface area contributed by atoms with Gasteiger partial charge in [0.15, 0.2) is 5.69 Å². The molecule has 1 saturated heterocycles. The van der Waals surface area contributed by atoms with Crippen molar-refractivity contribution in [3.8, 4) is 5.75 Å². The summed E-state index contributed by atoms with van der Waals surface area (Å²) in [5.41, 5.74) is 1.29. The van der Waals surface area contributed by atoms with Gasteiger partial charge in [-0.25, -0.2) is 9.07 Å². The van der Waals surface area contributed by atoms with Crippen molar-refractivity contribution < 1.29 is 18.7 Å². The molecule has 0 radical (unpaired) electrons. The van der Waals surface area contributed by atoms with Crippen LogP contribution in [0.2, 0.25) is 0 Å². The number of ether oxygens (including phenoxy) is 1. The lowest BCUT2D eigenvalue weighted by Gasteiger charge is -2.34. The number of piperazine rings is 1. The molecule has 9 heteroatoms. The van der Waals surface area contributed by atoms with Crippen molar-refractivity contribution in [3.63, 3.8) is 0 Å². The monoisotopic (exact) mass is 409 g/mol. The van der Waals surface area contributed by atoms with Gasteiger partial charge < -0.3 is 14.5 Å². The number of rotatable bonds is 5. The van der Waals surface area contributed by atoms with Crippen LogP contribution in [0.3, 0.4) is 0 Å². The summed E-state index contributed by atoms with van der Waals surface area (Å²) in [5, 5.41) is 7.81. The molecule has 2 heterocycles. The Labute approximate surface area is 172 Å². The Balaban J connectivity index is 1.42. The number of nitrogens with zero attached hydrogens (tertiary/aromatic N) is 5. The van der Waals surface area contributed by atoms with Gasteiger partial charge in [0.25, 0.3) is 5.91 Å². The van der Waals surface area contributed by atoms with E-state index in [1.807, 2.05) is 12.1 Å². The number of carbonyl (C=O) groups is 2. The van der Waals surface area contributed by atoms with Crippen molar-refractivity contribution in [1.82, 2.24) is 19.9 Å². The van der Waals surface area contributed by atoms with Crippen LogP contribution in [0, 0.1) is 5.82 Å². The van der Waals surface area contributed by atoms with E-state index in [0.717, 1.165) is 5.69 Å². The summed E-state index contributed by atoms with van der Waals surface area (Å²) in [7, 11) is 1.57. The van der Waals surface area contributed by atoms with Crippen LogP contribution in [-0.2, 0) is 11.3 Å². The van der Waals surface area contributed by atoms with E-state index < -0.39 is 0 Å². The first-order chi connectivity index (χ1) is 14.5. The molecule has 0 aliphatic carbocycles. The van der Waals surface area contributed by atoms with E-state index in [4.69, 9.17) is 4.74 Å². The third-order valence-electron chi connectivity index (χ3n) is 4.92. The highest BCUT2D eigenvalue weighted by molar-refractivity contribution is 6.00. The molecule has 1 aliphatic rings. The fraction of sp³-hybridized carbons (Fsp3) is 0.238. The highest BCUT2D eigenvalue weighted by Gasteiger charge is 2.30. The van der Waals surface area contributed by atoms with Crippen LogP contribution in [0.15, 0.2) is 54.7 Å². The zero-order valence-corrected chi connectivity index (χ0v) is 16.4. The quantitative estimate of drug-likeness (QED) is 0.644. The summed E-state index contributed by atoms with van der Waals surface area (Å²) in [6.07, 6.45) is 1.47. The van der Waals surface area contributed by atoms with Crippen LogP contribution < -0.4 is 9.64 Å². The maximum absolute atomic E-state index is 13.8. The van der Waals surface area contributed by atoms with Crippen LogP contribution in [-0.4, -0.2) is 58.5 Å². The van der Waals surface area contributed by atoms with Crippen molar-refractivity contribution in [2.24, 2.45) is 0 Å². The molecule has 1 aliphatic heterocycles. The second-order valence-electron chi connectivity index (χ2n) is 6.87. The second-order valence-corrected chi connectivity index (χ2v) is 6.87. The maximum Gasteiger partial charge on any atom is 0.276 e. The molecule has 8 nitrogen and oxygen atoms in total. The number of halogens is 1. The second kappa shape index (κ2) is 8.32. The summed E-state index contributed by atoms with van der Waals surface area (Å²) in [6.45, 7) is 0.828. The zero-order chi connectivity index (χ0) is 21.1. The average molecular weight is 409 g/mol. The van der Waals surface area contributed by atoms with Gasteiger partial charge in [0.05, 0.1) is 19.9 Å². The Morgan fingerprint density at radius 1 is 1.17 bits per heavy atom. The van der Waals surface area contributed by atoms with Gasteiger partial charge in [-0.05, 0) is 18.2 Å². The number of aromatic nitrogens is 3. The molecule has 1 aromatic heterocycles. The highest BCUT2D eigenvalue weighted by atomic mass is 19.1. The summed E-state index contributed by atoms with van der Waals surface area (Å²) in [5.74, 6) is -0.263. The smallest absolute Gasteiger partial charge is 0.276 e. The summed E-state index contributed by atoms with van der Waals surface area (Å²) >= 11 is 0. The minimum Gasteiger partial charge on any atom is -0.497 e. The first kappa shape index (κ1) is 19.6. The van der Waals surface area contributed by atoms with Crippen LogP contribution in [0.25, 0.3) is 0 Å². The zero-order valence-electron chi connectivity index (χ0n) is 16.4. The van der Waals surface area contributed by atoms with E-state index >= 15 is 0 Å². The Hall–Kier alpha value is -3.75. The minimum atomic E-state index is -0.381. The average Bonchev–Trinajstić information content (AvgIpc) is 3.23. The molecule has 30 heavy (non-hydrogen) atoms. The van der Waals surface area contributed by atoms with E-state index in [-0.39, 0.29) is 36.4 Å². The van der Waals surface area contributed by atoms with Crippen molar-refractivity contribution in [3.05, 3.63) is 71.8 Å². The van der Waals surface area contributed by atoms with Crippen molar-refractivity contribution >= 4 is 17.5 Å². The van der Waals surface area contributed by atoms with E-state index in [1.54, 1.807) is 42.3 Å². The fourth-order valence-electron chi connectivity index (χ4n) is 3.33. The molecular formula is C21H20FN5O3. The van der Waals surface area contributed by atoms with Gasteiger partial charge in [-0.15, -0.1) is 5.10 Å². The number of amides is 2. The molecule has 0 N–H and O–H groups in total. The molecule has 2 aromatic carbocycles. The van der Waals surface area contributed by atoms with E-state index in [2.05, 4.69) is 10.3 Å². The molecule has 0 unspecified atom stereocenters. The summed E-state index contributed by atoms with van der Waals surface area (Å²) in [4.78, 5) is 28.5. The van der Waals surface area contributed by atoms with Gasteiger partial charge in [0, 0.05) is 30.4 Å². The van der Waals surface area contributed by atoms with Crippen molar-refractivity contribution in [2.45, 2.75) is 6.54 Å². The topological polar surface area (TPSA) is 80.6 Å². The standard InChI is InChI=1S/C21H20FN5O3/c1-30-17-7-4-6-16(11-17)27-10-9-25(14-20(27)28)21(29)19-13-26(24-23-19)12-15-5-2-3-8-18(15)22/h2-8,11,13H,9-10,12,14H2,1H3. The maximum atomic E-state index is 13.8. The van der Waals surface area contributed by atoms with E-state index in [1.165, 1.54) is 21.8 Å². The van der Waals surface area contributed by atoms with Gasteiger partial charge in [-0.1, -0.05) is 29.5 Å². The highest BCUT2D eigenvalue weighted by Crippen LogP contribution is 2.23. The van der Waals surface area contributed by atoms with Crippen molar-refractivity contribution in [1.29, 1.82) is 0 Å². The Morgan fingerprint density at radius 3 is 2.77 bits per heavy atom. The minimum absolute atomic E-state index is 0.0593. The number of hydrogen-bond donors (Lipinski definition) is 0. The van der Waals surface area contributed by atoms with Crippen LogP contribution >= 0.6 is 0 Å². The van der Waals surface area contributed by atoms with Crippen LogP contribution in [0.5, 0.6) is 5.75 Å². The Kier molecular flexibility index (Phi) is 5.42. The predicted molar refractivity (Wildman–Crippen MR) is 107 cm³/mol. The Bertz CT molecular complexity index is 1080. The number of methoxy groups -OCH3 is 1. The van der Waals surface area contributed by atoms with Crippen molar-refractivity contribution in [2.75, 3.05) is 31.6 Å². The number of benzene rings is 2. The number of anilines is 1. The van der Waals surface area contributed by atoms with Gasteiger partial charge >= 0.3 is 0 Å². The lowest BCUT2D eigenvalue weighted by Crippen LogP contribution is -2.52. The molecule has 2 amide bonds. The first-order valence-corrected chi connectivity index (χ1v) is 9.42. The van der Waals surface area contributed by atoms with E-state index in [0.29, 0.717) is 24.4 Å². The van der Waals surface area contributed by atoms with Crippen LogP contribution in [0.1, 0.15) is 16.1 Å². The van der Waals surface area contributed by atoms with Crippen LogP contribution in [0.4, 0.5) is 10.1 Å². The van der Waals surface area contributed by atoms with Gasteiger partial charge in [0.2, 0.25) is 5.91 Å².